The zero-order chi connectivity index (χ0) is 19.1. The molecule has 1 aromatic heterocycles. The minimum Gasteiger partial charge on any atom is -0.507 e. The maximum absolute atomic E-state index is 11.0. The summed E-state index contributed by atoms with van der Waals surface area (Å²) in [5.74, 6) is 1.06. The van der Waals surface area contributed by atoms with Crippen LogP contribution < -0.4 is 0 Å². The molecule has 0 spiro atoms. The van der Waals surface area contributed by atoms with Gasteiger partial charge in [0.15, 0.2) is 5.82 Å². The van der Waals surface area contributed by atoms with Gasteiger partial charge in [0.25, 0.3) is 0 Å². The van der Waals surface area contributed by atoms with Gasteiger partial charge in [-0.2, -0.15) is 0 Å². The number of phenols is 1. The van der Waals surface area contributed by atoms with Crippen molar-refractivity contribution in [1.29, 1.82) is 0 Å². The molecule has 138 valence electrons. The van der Waals surface area contributed by atoms with Gasteiger partial charge < -0.3 is 10.0 Å². The van der Waals surface area contributed by atoms with Crippen molar-refractivity contribution >= 4 is 10.8 Å². The molecule has 3 aromatic carbocycles. The van der Waals surface area contributed by atoms with Gasteiger partial charge in [0.1, 0.15) is 5.75 Å². The standard InChI is InChI=1S/C24H21N3O/c1-27-14-21(18-8-7-16-5-2-3-6-17(16)13-18)19-9-10-20(23(28)22(19)15-27)24-25-11-4-12-26-24/h2-13,21,28H,14-15H2,1H3. The van der Waals surface area contributed by atoms with Crippen molar-refractivity contribution in [3.05, 3.63) is 89.7 Å². The first-order chi connectivity index (χ1) is 13.7. The smallest absolute Gasteiger partial charge is 0.162 e. The van der Waals surface area contributed by atoms with Crippen LogP contribution in [0.2, 0.25) is 0 Å². The highest BCUT2D eigenvalue weighted by Gasteiger charge is 2.28. The fourth-order valence-corrected chi connectivity index (χ4v) is 4.22. The van der Waals surface area contributed by atoms with Crippen LogP contribution >= 0.6 is 0 Å². The lowest BCUT2D eigenvalue weighted by Gasteiger charge is -2.33. The number of nitrogens with zero attached hydrogens (tertiary/aromatic N) is 3. The highest BCUT2D eigenvalue weighted by Crippen LogP contribution is 2.41. The third-order valence-corrected chi connectivity index (χ3v) is 5.60. The van der Waals surface area contributed by atoms with Crippen molar-refractivity contribution in [3.8, 4) is 17.1 Å². The lowest BCUT2D eigenvalue weighted by Crippen LogP contribution is -2.31. The summed E-state index contributed by atoms with van der Waals surface area (Å²) in [6.45, 7) is 1.64. The van der Waals surface area contributed by atoms with Crippen molar-refractivity contribution in [2.24, 2.45) is 0 Å². The van der Waals surface area contributed by atoms with Crippen LogP contribution in [-0.4, -0.2) is 33.6 Å². The Morgan fingerprint density at radius 3 is 2.54 bits per heavy atom. The Balaban J connectivity index is 1.63. The van der Waals surface area contributed by atoms with E-state index in [1.807, 2.05) is 6.07 Å². The largest absolute Gasteiger partial charge is 0.507 e. The molecule has 0 saturated heterocycles. The first-order valence-corrected chi connectivity index (χ1v) is 9.50. The third kappa shape index (κ3) is 2.83. The zero-order valence-corrected chi connectivity index (χ0v) is 15.7. The van der Waals surface area contributed by atoms with E-state index in [1.54, 1.807) is 18.5 Å². The van der Waals surface area contributed by atoms with Crippen LogP contribution in [0.25, 0.3) is 22.2 Å². The Morgan fingerprint density at radius 2 is 1.71 bits per heavy atom. The fourth-order valence-electron chi connectivity index (χ4n) is 4.22. The molecule has 2 heterocycles. The van der Waals surface area contributed by atoms with E-state index in [9.17, 15) is 5.11 Å². The van der Waals surface area contributed by atoms with E-state index >= 15 is 0 Å². The summed E-state index contributed by atoms with van der Waals surface area (Å²) in [5.41, 5.74) is 4.11. The monoisotopic (exact) mass is 367 g/mol. The summed E-state index contributed by atoms with van der Waals surface area (Å²) >= 11 is 0. The highest BCUT2D eigenvalue weighted by molar-refractivity contribution is 5.83. The number of hydrogen-bond acceptors (Lipinski definition) is 4. The minimum atomic E-state index is 0.218. The van der Waals surface area contributed by atoms with Gasteiger partial charge >= 0.3 is 0 Å². The first kappa shape index (κ1) is 16.9. The van der Waals surface area contributed by atoms with E-state index in [-0.39, 0.29) is 5.92 Å². The van der Waals surface area contributed by atoms with Gasteiger partial charge in [-0.05, 0) is 41.1 Å². The van der Waals surface area contributed by atoms with E-state index in [1.165, 1.54) is 21.9 Å². The average molecular weight is 367 g/mol. The third-order valence-electron chi connectivity index (χ3n) is 5.60. The zero-order valence-electron chi connectivity index (χ0n) is 15.7. The van der Waals surface area contributed by atoms with E-state index in [0.717, 1.165) is 12.1 Å². The van der Waals surface area contributed by atoms with Crippen molar-refractivity contribution in [3.63, 3.8) is 0 Å². The van der Waals surface area contributed by atoms with Crippen LogP contribution in [0.1, 0.15) is 22.6 Å². The quantitative estimate of drug-likeness (QED) is 0.563. The van der Waals surface area contributed by atoms with Gasteiger partial charge in [0, 0.05) is 37.0 Å². The molecule has 4 heteroatoms. The molecule has 28 heavy (non-hydrogen) atoms. The van der Waals surface area contributed by atoms with Crippen molar-refractivity contribution in [2.75, 3.05) is 13.6 Å². The second-order valence-corrected chi connectivity index (χ2v) is 7.46. The van der Waals surface area contributed by atoms with Crippen LogP contribution in [0.15, 0.2) is 73.1 Å². The normalized spacial score (nSPS) is 16.8. The minimum absolute atomic E-state index is 0.218. The number of phenolic OH excluding ortho intramolecular Hbond substituents is 1. The number of hydrogen-bond donors (Lipinski definition) is 1. The maximum atomic E-state index is 11.0. The molecule has 0 aliphatic carbocycles. The summed E-state index contributed by atoms with van der Waals surface area (Å²) in [6.07, 6.45) is 3.40. The summed E-state index contributed by atoms with van der Waals surface area (Å²) in [4.78, 5) is 10.9. The van der Waals surface area contributed by atoms with Gasteiger partial charge in [0.2, 0.25) is 0 Å². The van der Waals surface area contributed by atoms with Crippen LogP contribution in [0.5, 0.6) is 5.75 Å². The van der Waals surface area contributed by atoms with Gasteiger partial charge in [-0.3, -0.25) is 0 Å². The first-order valence-electron chi connectivity index (χ1n) is 9.50. The topological polar surface area (TPSA) is 49.2 Å². The summed E-state index contributed by atoms with van der Waals surface area (Å²) in [7, 11) is 2.10. The van der Waals surface area contributed by atoms with Crippen LogP contribution in [0.4, 0.5) is 0 Å². The number of fused-ring (bicyclic) bond motifs is 2. The SMILES string of the molecule is CN1Cc2c(ccc(-c3ncccn3)c2O)C(c2ccc3ccccc3c2)C1. The number of likely N-dealkylation sites (N-methyl/N-ethyl adjacent to an activating group) is 1. The molecule has 0 amide bonds. The van der Waals surface area contributed by atoms with E-state index in [4.69, 9.17) is 0 Å². The van der Waals surface area contributed by atoms with Crippen molar-refractivity contribution < 1.29 is 5.11 Å². The second-order valence-electron chi connectivity index (χ2n) is 7.46. The Morgan fingerprint density at radius 1 is 0.929 bits per heavy atom. The summed E-state index contributed by atoms with van der Waals surface area (Å²) in [5, 5.41) is 13.5. The fraction of sp³-hybridized carbons (Fsp3) is 0.167. The molecule has 1 aliphatic heterocycles. The van der Waals surface area contributed by atoms with Crippen LogP contribution in [-0.2, 0) is 6.54 Å². The van der Waals surface area contributed by atoms with Crippen molar-refractivity contribution in [1.82, 2.24) is 14.9 Å². The Labute approximate surface area is 164 Å². The lowest BCUT2D eigenvalue weighted by atomic mass is 9.83. The lowest BCUT2D eigenvalue weighted by molar-refractivity contribution is 0.288. The Hall–Kier alpha value is -3.24. The predicted octanol–water partition coefficient (Wildman–Crippen LogP) is 4.58. The molecule has 1 atom stereocenters. The van der Waals surface area contributed by atoms with Gasteiger partial charge in [-0.1, -0.05) is 48.5 Å². The Bertz CT molecular complexity index is 1160. The molecule has 1 unspecified atom stereocenters. The predicted molar refractivity (Wildman–Crippen MR) is 111 cm³/mol. The summed E-state index contributed by atoms with van der Waals surface area (Å²) in [6, 6.07) is 21.0. The van der Waals surface area contributed by atoms with Gasteiger partial charge in [-0.15, -0.1) is 0 Å². The van der Waals surface area contributed by atoms with E-state index in [2.05, 4.69) is 70.4 Å². The Kier molecular flexibility index (Phi) is 4.06. The molecule has 1 N–H and O–H groups in total. The number of rotatable bonds is 2. The molecule has 1 aliphatic rings. The molecule has 5 rings (SSSR count). The van der Waals surface area contributed by atoms with Gasteiger partial charge in [-0.25, -0.2) is 9.97 Å². The molecular weight excluding hydrogens is 346 g/mol. The number of benzene rings is 3. The van der Waals surface area contributed by atoms with E-state index in [0.29, 0.717) is 23.7 Å². The van der Waals surface area contributed by atoms with Crippen LogP contribution in [0.3, 0.4) is 0 Å². The van der Waals surface area contributed by atoms with E-state index < -0.39 is 0 Å². The molecule has 0 bridgehead atoms. The molecule has 4 nitrogen and oxygen atoms in total. The molecule has 0 saturated carbocycles. The molecular formula is C24H21N3O. The second kappa shape index (κ2) is 6.73. The number of aromatic nitrogens is 2. The molecule has 4 aromatic rings. The maximum Gasteiger partial charge on any atom is 0.162 e. The summed E-state index contributed by atoms with van der Waals surface area (Å²) < 4.78 is 0. The highest BCUT2D eigenvalue weighted by atomic mass is 16.3. The molecule has 0 radical (unpaired) electrons. The van der Waals surface area contributed by atoms with Crippen molar-refractivity contribution in [2.45, 2.75) is 12.5 Å². The van der Waals surface area contributed by atoms with Gasteiger partial charge in [0.05, 0.1) is 5.56 Å². The average Bonchev–Trinajstić information content (AvgIpc) is 2.74. The van der Waals surface area contributed by atoms with Crippen LogP contribution in [0, 0.1) is 0 Å². The molecule has 0 fully saturated rings. The number of aromatic hydroxyl groups is 1.